The Morgan fingerprint density at radius 1 is 1.38 bits per heavy atom. The van der Waals surface area contributed by atoms with Gasteiger partial charge in [0.05, 0.1) is 17.9 Å². The van der Waals surface area contributed by atoms with Crippen LogP contribution in [0.3, 0.4) is 0 Å². The maximum atomic E-state index is 11.6. The molecule has 1 saturated heterocycles. The number of benzene rings is 1. The fourth-order valence-electron chi connectivity index (χ4n) is 1.69. The average molecular weight is 220 g/mol. The quantitative estimate of drug-likeness (QED) is 0.771. The molecule has 2 N–H and O–H groups in total. The van der Waals surface area contributed by atoms with Gasteiger partial charge in [-0.25, -0.2) is 0 Å². The molecule has 16 heavy (non-hydrogen) atoms. The van der Waals surface area contributed by atoms with Crippen LogP contribution in [0.2, 0.25) is 0 Å². The predicted molar refractivity (Wildman–Crippen MR) is 58.1 cm³/mol. The molecule has 1 fully saturated rings. The normalized spacial score (nSPS) is 16.2. The second-order valence-electron chi connectivity index (χ2n) is 3.48. The van der Waals surface area contributed by atoms with Gasteiger partial charge >= 0.3 is 0 Å². The zero-order valence-corrected chi connectivity index (χ0v) is 8.68. The summed E-state index contributed by atoms with van der Waals surface area (Å²) in [4.78, 5) is 24.4. The minimum atomic E-state index is -0.533. The first-order chi connectivity index (χ1) is 7.70. The van der Waals surface area contributed by atoms with E-state index in [2.05, 4.69) is 0 Å². The number of primary amides is 1. The Hall–Kier alpha value is -1.88. The van der Waals surface area contributed by atoms with Gasteiger partial charge in [-0.15, -0.1) is 0 Å². The van der Waals surface area contributed by atoms with Gasteiger partial charge in [0, 0.05) is 6.54 Å². The highest BCUT2D eigenvalue weighted by Crippen LogP contribution is 2.21. The number of hydrogen-bond donors (Lipinski definition) is 1. The molecule has 0 aromatic heterocycles. The van der Waals surface area contributed by atoms with Crippen molar-refractivity contribution in [3.05, 3.63) is 29.8 Å². The second kappa shape index (κ2) is 4.32. The van der Waals surface area contributed by atoms with Gasteiger partial charge in [-0.05, 0) is 12.1 Å². The number of ether oxygens (including phenoxy) is 1. The topological polar surface area (TPSA) is 72.6 Å². The van der Waals surface area contributed by atoms with Gasteiger partial charge in [0.1, 0.15) is 6.61 Å². The van der Waals surface area contributed by atoms with Crippen molar-refractivity contribution in [3.8, 4) is 0 Å². The molecule has 0 bridgehead atoms. The molecule has 5 heteroatoms. The van der Waals surface area contributed by atoms with Crippen molar-refractivity contribution in [2.24, 2.45) is 5.73 Å². The van der Waals surface area contributed by atoms with E-state index >= 15 is 0 Å². The summed E-state index contributed by atoms with van der Waals surface area (Å²) < 4.78 is 5.03. The van der Waals surface area contributed by atoms with Crippen LogP contribution in [0.5, 0.6) is 0 Å². The molecule has 0 spiro atoms. The number of carbonyl (C=O) groups excluding carboxylic acids is 2. The monoisotopic (exact) mass is 220 g/mol. The third-order valence-electron chi connectivity index (χ3n) is 2.45. The Morgan fingerprint density at radius 3 is 2.81 bits per heavy atom. The highest BCUT2D eigenvalue weighted by atomic mass is 16.5. The molecule has 0 saturated carbocycles. The Morgan fingerprint density at radius 2 is 2.12 bits per heavy atom. The van der Waals surface area contributed by atoms with Gasteiger partial charge in [0.25, 0.3) is 11.8 Å². The Bertz CT molecular complexity index is 431. The number of rotatable bonds is 2. The number of hydrogen-bond acceptors (Lipinski definition) is 3. The zero-order chi connectivity index (χ0) is 11.5. The van der Waals surface area contributed by atoms with Gasteiger partial charge in [-0.3, -0.25) is 9.59 Å². The van der Waals surface area contributed by atoms with Crippen LogP contribution >= 0.6 is 0 Å². The van der Waals surface area contributed by atoms with E-state index in [0.29, 0.717) is 24.4 Å². The van der Waals surface area contributed by atoms with Crippen molar-refractivity contribution in [2.45, 2.75) is 0 Å². The fraction of sp³-hybridized carbons (Fsp3) is 0.273. The standard InChI is InChI=1S/C11H12N2O3/c12-11(15)8-3-1-2-4-9(8)13-5-6-16-7-10(13)14/h1-4H,5-7H2,(H2,12,15). The average Bonchev–Trinajstić information content (AvgIpc) is 2.29. The predicted octanol–water partition coefficient (Wildman–Crippen LogP) is 0.149. The third-order valence-corrected chi connectivity index (χ3v) is 2.45. The first-order valence-corrected chi connectivity index (χ1v) is 4.97. The first-order valence-electron chi connectivity index (χ1n) is 4.97. The number of amides is 2. The summed E-state index contributed by atoms with van der Waals surface area (Å²) in [6.07, 6.45) is 0. The molecule has 0 atom stereocenters. The number of nitrogens with two attached hydrogens (primary N) is 1. The van der Waals surface area contributed by atoms with E-state index in [1.165, 1.54) is 4.90 Å². The van der Waals surface area contributed by atoms with Crippen molar-refractivity contribution in [2.75, 3.05) is 24.7 Å². The van der Waals surface area contributed by atoms with E-state index < -0.39 is 5.91 Å². The second-order valence-corrected chi connectivity index (χ2v) is 3.48. The molecule has 84 valence electrons. The van der Waals surface area contributed by atoms with Crippen LogP contribution in [0, 0.1) is 0 Å². The van der Waals surface area contributed by atoms with E-state index in [1.807, 2.05) is 0 Å². The SMILES string of the molecule is NC(=O)c1ccccc1N1CCOCC1=O. The molecule has 0 aliphatic carbocycles. The van der Waals surface area contributed by atoms with Crippen LogP contribution in [-0.2, 0) is 9.53 Å². The van der Waals surface area contributed by atoms with Crippen molar-refractivity contribution in [1.82, 2.24) is 0 Å². The minimum Gasteiger partial charge on any atom is -0.370 e. The lowest BCUT2D eigenvalue weighted by atomic mass is 10.1. The summed E-state index contributed by atoms with van der Waals surface area (Å²) >= 11 is 0. The van der Waals surface area contributed by atoms with Gasteiger partial charge in [-0.1, -0.05) is 12.1 Å². The molecular weight excluding hydrogens is 208 g/mol. The summed E-state index contributed by atoms with van der Waals surface area (Å²) in [6.45, 7) is 0.967. The molecule has 1 heterocycles. The van der Waals surface area contributed by atoms with Gasteiger partial charge in [-0.2, -0.15) is 0 Å². The summed E-state index contributed by atoms with van der Waals surface area (Å²) in [6, 6.07) is 6.81. The smallest absolute Gasteiger partial charge is 0.253 e. The highest BCUT2D eigenvalue weighted by molar-refractivity contribution is 6.04. The lowest BCUT2D eigenvalue weighted by Gasteiger charge is -2.28. The van der Waals surface area contributed by atoms with Crippen molar-refractivity contribution in [3.63, 3.8) is 0 Å². The van der Waals surface area contributed by atoms with Gasteiger partial charge in [0.15, 0.2) is 0 Å². The minimum absolute atomic E-state index is 0.0487. The third kappa shape index (κ3) is 1.90. The number of anilines is 1. The molecule has 2 amide bonds. The van der Waals surface area contributed by atoms with E-state index in [1.54, 1.807) is 24.3 Å². The summed E-state index contributed by atoms with van der Waals surface area (Å²) in [5.74, 6) is -0.685. The Labute approximate surface area is 92.8 Å². The Balaban J connectivity index is 2.38. The summed E-state index contributed by atoms with van der Waals surface area (Å²) in [7, 11) is 0. The summed E-state index contributed by atoms with van der Waals surface area (Å²) in [5, 5.41) is 0. The molecule has 1 aromatic rings. The molecule has 5 nitrogen and oxygen atoms in total. The zero-order valence-electron chi connectivity index (χ0n) is 8.68. The number of nitrogens with zero attached hydrogens (tertiary/aromatic N) is 1. The van der Waals surface area contributed by atoms with E-state index in [4.69, 9.17) is 10.5 Å². The molecule has 2 rings (SSSR count). The molecule has 0 unspecified atom stereocenters. The maximum Gasteiger partial charge on any atom is 0.253 e. The maximum absolute atomic E-state index is 11.6. The van der Waals surface area contributed by atoms with E-state index in [-0.39, 0.29) is 12.5 Å². The molecule has 0 radical (unpaired) electrons. The van der Waals surface area contributed by atoms with Crippen LogP contribution in [0.1, 0.15) is 10.4 Å². The summed E-state index contributed by atoms with van der Waals surface area (Å²) in [5.41, 5.74) is 6.18. The fourth-order valence-corrected chi connectivity index (χ4v) is 1.69. The highest BCUT2D eigenvalue weighted by Gasteiger charge is 2.23. The molecule has 1 aromatic carbocycles. The van der Waals surface area contributed by atoms with Crippen LogP contribution in [0.25, 0.3) is 0 Å². The lowest BCUT2D eigenvalue weighted by Crippen LogP contribution is -2.42. The van der Waals surface area contributed by atoms with E-state index in [9.17, 15) is 9.59 Å². The van der Waals surface area contributed by atoms with Crippen LogP contribution in [0.4, 0.5) is 5.69 Å². The molecule has 1 aliphatic heterocycles. The van der Waals surface area contributed by atoms with Crippen molar-refractivity contribution < 1.29 is 14.3 Å². The van der Waals surface area contributed by atoms with Gasteiger partial charge < -0.3 is 15.4 Å². The lowest BCUT2D eigenvalue weighted by molar-refractivity contribution is -0.125. The first kappa shape index (κ1) is 10.6. The Kier molecular flexibility index (Phi) is 2.87. The van der Waals surface area contributed by atoms with E-state index in [0.717, 1.165) is 0 Å². The van der Waals surface area contributed by atoms with Crippen molar-refractivity contribution >= 4 is 17.5 Å². The van der Waals surface area contributed by atoms with Crippen LogP contribution < -0.4 is 10.6 Å². The molecular formula is C11H12N2O3. The largest absolute Gasteiger partial charge is 0.370 e. The number of para-hydroxylation sites is 1. The van der Waals surface area contributed by atoms with Crippen LogP contribution in [-0.4, -0.2) is 31.6 Å². The molecule has 1 aliphatic rings. The van der Waals surface area contributed by atoms with Crippen molar-refractivity contribution in [1.29, 1.82) is 0 Å². The van der Waals surface area contributed by atoms with Crippen LogP contribution in [0.15, 0.2) is 24.3 Å². The number of morpholine rings is 1. The van der Waals surface area contributed by atoms with Gasteiger partial charge in [0.2, 0.25) is 0 Å². The number of carbonyl (C=O) groups is 2.